The first-order valence-electron chi connectivity index (χ1n) is 3.90. The fraction of sp³-hybridized carbons (Fsp3) is 0.222. The summed E-state index contributed by atoms with van der Waals surface area (Å²) in [7, 11) is 0. The molecule has 0 spiro atoms. The molecule has 5 heteroatoms. The number of nitriles is 1. The average Bonchev–Trinajstić information content (AvgIpc) is 2.09. The van der Waals surface area contributed by atoms with Gasteiger partial charge in [0, 0.05) is 11.0 Å². The van der Waals surface area contributed by atoms with E-state index in [1.165, 1.54) is 0 Å². The molecule has 0 aliphatic carbocycles. The summed E-state index contributed by atoms with van der Waals surface area (Å²) in [5.74, 6) is -1.34. The summed E-state index contributed by atoms with van der Waals surface area (Å²) in [6, 6.07) is 4.20. The van der Waals surface area contributed by atoms with Crippen LogP contribution in [0, 0.1) is 23.0 Å². The Morgan fingerprint density at radius 2 is 1.93 bits per heavy atom. The molecule has 0 amide bonds. The lowest BCUT2D eigenvalue weighted by Gasteiger charge is -2.06. The first-order valence-corrected chi connectivity index (χ1v) is 4.70. The molecule has 0 unspecified atom stereocenters. The van der Waals surface area contributed by atoms with Crippen LogP contribution in [0.2, 0.25) is 0 Å². The van der Waals surface area contributed by atoms with Crippen molar-refractivity contribution in [2.75, 3.05) is 11.9 Å². The zero-order valence-corrected chi connectivity index (χ0v) is 8.74. The molecule has 74 valence electrons. The predicted molar refractivity (Wildman–Crippen MR) is 52.8 cm³/mol. The van der Waals surface area contributed by atoms with Gasteiger partial charge in [-0.15, -0.1) is 0 Å². The average molecular weight is 261 g/mol. The van der Waals surface area contributed by atoms with Crippen LogP contribution in [-0.2, 0) is 0 Å². The third kappa shape index (κ3) is 2.67. The van der Waals surface area contributed by atoms with E-state index >= 15 is 0 Å². The number of rotatable bonds is 3. The second-order valence-corrected chi connectivity index (χ2v) is 3.50. The SMILES string of the molecule is N#CCCNc1c(F)cc(Br)cc1F. The van der Waals surface area contributed by atoms with Gasteiger partial charge in [0.1, 0.15) is 17.3 Å². The van der Waals surface area contributed by atoms with E-state index in [0.29, 0.717) is 4.47 Å². The first-order chi connectivity index (χ1) is 6.65. The molecule has 0 aliphatic rings. The van der Waals surface area contributed by atoms with Crippen molar-refractivity contribution in [2.24, 2.45) is 0 Å². The van der Waals surface area contributed by atoms with Crippen LogP contribution < -0.4 is 5.32 Å². The Kier molecular flexibility index (Phi) is 3.84. The predicted octanol–water partition coefficient (Wildman–Crippen LogP) is 3.05. The minimum atomic E-state index is -0.671. The Hall–Kier alpha value is -1.15. The highest BCUT2D eigenvalue weighted by molar-refractivity contribution is 9.10. The zero-order chi connectivity index (χ0) is 10.6. The fourth-order valence-electron chi connectivity index (χ4n) is 0.954. The number of hydrogen-bond acceptors (Lipinski definition) is 2. The van der Waals surface area contributed by atoms with Crippen LogP contribution in [0.1, 0.15) is 6.42 Å². The van der Waals surface area contributed by atoms with Crippen LogP contribution in [0.25, 0.3) is 0 Å². The minimum absolute atomic E-state index is 0.191. The van der Waals surface area contributed by atoms with Gasteiger partial charge in [-0.05, 0) is 12.1 Å². The van der Waals surface area contributed by atoms with Crippen LogP contribution >= 0.6 is 15.9 Å². The Balaban J connectivity index is 2.81. The van der Waals surface area contributed by atoms with E-state index in [-0.39, 0.29) is 18.7 Å². The lowest BCUT2D eigenvalue weighted by molar-refractivity contribution is 0.587. The highest BCUT2D eigenvalue weighted by atomic mass is 79.9. The van der Waals surface area contributed by atoms with Crippen molar-refractivity contribution in [1.82, 2.24) is 0 Å². The van der Waals surface area contributed by atoms with Gasteiger partial charge < -0.3 is 5.32 Å². The van der Waals surface area contributed by atoms with E-state index in [1.807, 2.05) is 6.07 Å². The highest BCUT2D eigenvalue weighted by Crippen LogP contribution is 2.23. The molecule has 0 atom stereocenters. The molecule has 0 radical (unpaired) electrons. The molecular weight excluding hydrogens is 254 g/mol. The van der Waals surface area contributed by atoms with Crippen LogP contribution in [-0.4, -0.2) is 6.54 Å². The van der Waals surface area contributed by atoms with Crippen LogP contribution in [0.4, 0.5) is 14.5 Å². The minimum Gasteiger partial charge on any atom is -0.379 e. The van der Waals surface area contributed by atoms with Crippen molar-refractivity contribution in [3.05, 3.63) is 28.2 Å². The third-order valence-electron chi connectivity index (χ3n) is 1.55. The second-order valence-electron chi connectivity index (χ2n) is 2.58. The summed E-state index contributed by atoms with van der Waals surface area (Å²) in [6.07, 6.45) is 0.203. The molecule has 1 aromatic rings. The van der Waals surface area contributed by atoms with Crippen molar-refractivity contribution in [3.63, 3.8) is 0 Å². The molecule has 0 saturated carbocycles. The van der Waals surface area contributed by atoms with Gasteiger partial charge in [-0.3, -0.25) is 0 Å². The van der Waals surface area contributed by atoms with E-state index in [0.717, 1.165) is 12.1 Å². The third-order valence-corrected chi connectivity index (χ3v) is 2.00. The van der Waals surface area contributed by atoms with E-state index in [1.54, 1.807) is 0 Å². The van der Waals surface area contributed by atoms with E-state index in [4.69, 9.17) is 5.26 Å². The van der Waals surface area contributed by atoms with Gasteiger partial charge in [0.05, 0.1) is 12.5 Å². The number of benzene rings is 1. The Labute approximate surface area is 88.7 Å². The summed E-state index contributed by atoms with van der Waals surface area (Å²) < 4.78 is 26.6. The molecule has 1 N–H and O–H groups in total. The summed E-state index contributed by atoms with van der Waals surface area (Å²) >= 11 is 2.97. The van der Waals surface area contributed by atoms with Gasteiger partial charge in [-0.1, -0.05) is 15.9 Å². The largest absolute Gasteiger partial charge is 0.379 e. The standard InChI is InChI=1S/C9H7BrF2N2/c10-6-4-7(11)9(8(12)5-6)14-3-1-2-13/h4-5,14H,1,3H2. The maximum atomic E-state index is 13.1. The normalized spacial score (nSPS) is 9.57. The lowest BCUT2D eigenvalue weighted by atomic mass is 10.3. The summed E-state index contributed by atoms with van der Waals surface area (Å²) in [5.41, 5.74) is -0.191. The summed E-state index contributed by atoms with van der Waals surface area (Å²) in [6.45, 7) is 0.228. The van der Waals surface area contributed by atoms with Crippen molar-refractivity contribution >= 4 is 21.6 Å². The van der Waals surface area contributed by atoms with Crippen LogP contribution in [0.15, 0.2) is 16.6 Å². The second kappa shape index (κ2) is 4.91. The van der Waals surface area contributed by atoms with Crippen LogP contribution in [0.3, 0.4) is 0 Å². The van der Waals surface area contributed by atoms with E-state index in [9.17, 15) is 8.78 Å². The quantitative estimate of drug-likeness (QED) is 0.849. The lowest BCUT2D eigenvalue weighted by Crippen LogP contribution is -2.04. The van der Waals surface area contributed by atoms with Gasteiger partial charge in [0.25, 0.3) is 0 Å². The first kappa shape index (κ1) is 10.9. The Morgan fingerprint density at radius 3 is 2.43 bits per heavy atom. The zero-order valence-electron chi connectivity index (χ0n) is 7.15. The molecule has 0 saturated heterocycles. The van der Waals surface area contributed by atoms with Crippen molar-refractivity contribution < 1.29 is 8.78 Å². The molecule has 0 aromatic heterocycles. The van der Waals surface area contributed by atoms with Gasteiger partial charge in [0.2, 0.25) is 0 Å². The van der Waals surface area contributed by atoms with Gasteiger partial charge in [-0.25, -0.2) is 8.78 Å². The molecule has 0 heterocycles. The molecule has 14 heavy (non-hydrogen) atoms. The van der Waals surface area contributed by atoms with E-state index < -0.39 is 11.6 Å². The molecule has 0 fully saturated rings. The Bertz CT molecular complexity index is 351. The fourth-order valence-corrected chi connectivity index (χ4v) is 1.36. The Morgan fingerprint density at radius 1 is 1.36 bits per heavy atom. The van der Waals surface area contributed by atoms with Gasteiger partial charge in [-0.2, -0.15) is 5.26 Å². The number of halogens is 3. The number of anilines is 1. The molecular formula is C9H7BrF2N2. The molecule has 1 aromatic carbocycles. The molecule has 2 nitrogen and oxygen atoms in total. The van der Waals surface area contributed by atoms with Crippen molar-refractivity contribution in [2.45, 2.75) is 6.42 Å². The van der Waals surface area contributed by atoms with Crippen molar-refractivity contribution in [1.29, 1.82) is 5.26 Å². The molecule has 0 bridgehead atoms. The van der Waals surface area contributed by atoms with Crippen LogP contribution in [0.5, 0.6) is 0 Å². The maximum Gasteiger partial charge on any atom is 0.150 e. The maximum absolute atomic E-state index is 13.1. The summed E-state index contributed by atoms with van der Waals surface area (Å²) in [5, 5.41) is 10.8. The monoisotopic (exact) mass is 260 g/mol. The van der Waals surface area contributed by atoms with Gasteiger partial charge >= 0.3 is 0 Å². The molecule has 0 aliphatic heterocycles. The number of nitrogens with one attached hydrogen (secondary N) is 1. The number of hydrogen-bond donors (Lipinski definition) is 1. The summed E-state index contributed by atoms with van der Waals surface area (Å²) in [4.78, 5) is 0. The molecule has 1 rings (SSSR count). The smallest absolute Gasteiger partial charge is 0.150 e. The van der Waals surface area contributed by atoms with Crippen molar-refractivity contribution in [3.8, 4) is 6.07 Å². The number of nitrogens with zero attached hydrogens (tertiary/aromatic N) is 1. The van der Waals surface area contributed by atoms with E-state index in [2.05, 4.69) is 21.2 Å². The topological polar surface area (TPSA) is 35.8 Å². The highest BCUT2D eigenvalue weighted by Gasteiger charge is 2.09. The van der Waals surface area contributed by atoms with Gasteiger partial charge in [0.15, 0.2) is 0 Å².